The first kappa shape index (κ1) is 17.8. The average Bonchev–Trinajstić information content (AvgIpc) is 2.96. The van der Waals surface area contributed by atoms with Crippen molar-refractivity contribution in [2.24, 2.45) is 0 Å². The minimum atomic E-state index is -0.123. The highest BCUT2D eigenvalue weighted by Crippen LogP contribution is 2.13. The van der Waals surface area contributed by atoms with Gasteiger partial charge in [-0.2, -0.15) is 0 Å². The number of carbonyl (C=O) groups is 1. The Labute approximate surface area is 151 Å². The summed E-state index contributed by atoms with van der Waals surface area (Å²) in [6.45, 7) is 4.70. The van der Waals surface area contributed by atoms with Crippen LogP contribution in [-0.2, 0) is 17.8 Å². The van der Waals surface area contributed by atoms with E-state index in [0.717, 1.165) is 29.9 Å². The summed E-state index contributed by atoms with van der Waals surface area (Å²) in [6, 6.07) is 7.19. The largest absolute Gasteiger partial charge is 0.361 e. The van der Waals surface area contributed by atoms with Crippen molar-refractivity contribution in [3.05, 3.63) is 58.0 Å². The van der Waals surface area contributed by atoms with Gasteiger partial charge in [-0.05, 0) is 38.8 Å². The van der Waals surface area contributed by atoms with E-state index in [1.807, 2.05) is 19.9 Å². The highest BCUT2D eigenvalue weighted by Gasteiger charge is 2.09. The zero-order chi connectivity index (χ0) is 18.5. The lowest BCUT2D eigenvalue weighted by atomic mass is 10.1. The number of aryl methyl sites for hydroxylation is 3. The van der Waals surface area contributed by atoms with Crippen LogP contribution in [0.5, 0.6) is 0 Å². The highest BCUT2D eigenvalue weighted by molar-refractivity contribution is 5.77. The number of amides is 1. The Hall–Kier alpha value is -2.96. The van der Waals surface area contributed by atoms with Gasteiger partial charge in [-0.15, -0.1) is 0 Å². The van der Waals surface area contributed by atoms with Gasteiger partial charge in [0.1, 0.15) is 5.76 Å². The molecule has 0 aliphatic rings. The number of hydrogen-bond acceptors (Lipinski definition) is 5. The fourth-order valence-electron chi connectivity index (χ4n) is 2.93. The monoisotopic (exact) mass is 354 g/mol. The van der Waals surface area contributed by atoms with Crippen LogP contribution in [0.3, 0.4) is 0 Å². The summed E-state index contributed by atoms with van der Waals surface area (Å²) >= 11 is 0. The van der Waals surface area contributed by atoms with E-state index in [0.29, 0.717) is 24.0 Å². The summed E-state index contributed by atoms with van der Waals surface area (Å²) < 4.78 is 6.61. The third-order valence-corrected chi connectivity index (χ3v) is 4.42. The number of fused-ring (bicyclic) bond motifs is 1. The quantitative estimate of drug-likeness (QED) is 0.657. The van der Waals surface area contributed by atoms with Crippen LogP contribution in [0.15, 0.2) is 39.9 Å². The van der Waals surface area contributed by atoms with Crippen molar-refractivity contribution >= 4 is 16.8 Å². The smallest absolute Gasteiger partial charge is 0.261 e. The molecule has 7 nitrogen and oxygen atoms in total. The molecule has 0 fully saturated rings. The number of hydrogen-bond donors (Lipinski definition) is 1. The Morgan fingerprint density at radius 2 is 2.08 bits per heavy atom. The van der Waals surface area contributed by atoms with Gasteiger partial charge in [0.15, 0.2) is 0 Å². The third kappa shape index (κ3) is 3.99. The topological polar surface area (TPSA) is 90.0 Å². The van der Waals surface area contributed by atoms with Crippen molar-refractivity contribution in [1.82, 2.24) is 20.0 Å². The van der Waals surface area contributed by atoms with Gasteiger partial charge in [-0.25, -0.2) is 4.98 Å². The summed E-state index contributed by atoms with van der Waals surface area (Å²) in [6.07, 6.45) is 3.36. The molecule has 7 heteroatoms. The number of nitrogens with zero attached hydrogens (tertiary/aromatic N) is 3. The minimum absolute atomic E-state index is 0.0798. The first-order chi connectivity index (χ1) is 12.6. The van der Waals surface area contributed by atoms with Crippen molar-refractivity contribution in [1.29, 1.82) is 0 Å². The molecule has 3 aromatic rings. The second-order valence-electron chi connectivity index (χ2n) is 6.27. The molecule has 0 bridgehead atoms. The molecule has 0 saturated heterocycles. The van der Waals surface area contributed by atoms with Crippen LogP contribution >= 0.6 is 0 Å². The van der Waals surface area contributed by atoms with Crippen molar-refractivity contribution < 1.29 is 9.32 Å². The molecule has 0 saturated carbocycles. The van der Waals surface area contributed by atoms with Crippen molar-refractivity contribution in [3.8, 4) is 0 Å². The highest BCUT2D eigenvalue weighted by atomic mass is 16.5. The number of rotatable bonds is 7. The van der Waals surface area contributed by atoms with Gasteiger partial charge in [0.05, 0.1) is 22.9 Å². The van der Waals surface area contributed by atoms with Gasteiger partial charge in [0.2, 0.25) is 5.91 Å². The maximum absolute atomic E-state index is 12.4. The van der Waals surface area contributed by atoms with E-state index in [2.05, 4.69) is 15.5 Å². The lowest BCUT2D eigenvalue weighted by molar-refractivity contribution is -0.121. The second kappa shape index (κ2) is 7.95. The summed E-state index contributed by atoms with van der Waals surface area (Å²) in [5, 5.41) is 7.37. The molecule has 1 amide bonds. The Morgan fingerprint density at radius 1 is 1.27 bits per heavy atom. The number of aromatic nitrogens is 3. The number of para-hydroxylation sites is 1. The standard InChI is InChI=1S/C19H22N4O3/c1-13-15(14(2)26-22-13)7-5-10-20-18(24)9-11-23-12-21-17-8-4-3-6-16(17)19(23)25/h3-4,6,8,12H,5,7,9-11H2,1-2H3,(H,20,24). The molecule has 0 unspecified atom stereocenters. The molecule has 1 aromatic carbocycles. The fourth-order valence-corrected chi connectivity index (χ4v) is 2.93. The lowest BCUT2D eigenvalue weighted by Crippen LogP contribution is -2.28. The van der Waals surface area contributed by atoms with E-state index in [1.165, 1.54) is 10.9 Å². The van der Waals surface area contributed by atoms with Gasteiger partial charge in [0.25, 0.3) is 5.56 Å². The maximum atomic E-state index is 12.4. The van der Waals surface area contributed by atoms with Crippen LogP contribution in [0.4, 0.5) is 0 Å². The SMILES string of the molecule is Cc1noc(C)c1CCCNC(=O)CCn1cnc2ccccc2c1=O. The predicted molar refractivity (Wildman–Crippen MR) is 97.9 cm³/mol. The Kier molecular flexibility index (Phi) is 5.46. The fraction of sp³-hybridized carbons (Fsp3) is 0.368. The van der Waals surface area contributed by atoms with Crippen molar-refractivity contribution in [2.45, 2.75) is 39.7 Å². The molecule has 2 heterocycles. The zero-order valence-electron chi connectivity index (χ0n) is 15.0. The lowest BCUT2D eigenvalue weighted by Gasteiger charge is -2.08. The number of benzene rings is 1. The normalized spacial score (nSPS) is 11.0. The summed E-state index contributed by atoms with van der Waals surface area (Å²) in [5.74, 6) is 0.751. The maximum Gasteiger partial charge on any atom is 0.261 e. The summed E-state index contributed by atoms with van der Waals surface area (Å²) in [5.41, 5.74) is 2.55. The molecule has 3 rings (SSSR count). The molecule has 0 aliphatic heterocycles. The molecule has 0 radical (unpaired) electrons. The Morgan fingerprint density at radius 3 is 2.85 bits per heavy atom. The van der Waals surface area contributed by atoms with Crippen LogP contribution < -0.4 is 10.9 Å². The van der Waals surface area contributed by atoms with E-state index in [4.69, 9.17) is 4.52 Å². The van der Waals surface area contributed by atoms with Crippen LogP contribution in [0.1, 0.15) is 29.9 Å². The molecule has 136 valence electrons. The predicted octanol–water partition coefficient (Wildman–Crippen LogP) is 2.14. The van der Waals surface area contributed by atoms with Crippen molar-refractivity contribution in [3.63, 3.8) is 0 Å². The van der Waals surface area contributed by atoms with Gasteiger partial charge >= 0.3 is 0 Å². The first-order valence-corrected chi connectivity index (χ1v) is 8.69. The Bertz CT molecular complexity index is 955. The van der Waals surface area contributed by atoms with Gasteiger partial charge in [0, 0.05) is 25.1 Å². The Balaban J connectivity index is 1.47. The van der Waals surface area contributed by atoms with Crippen molar-refractivity contribution in [2.75, 3.05) is 6.54 Å². The molecule has 1 N–H and O–H groups in total. The minimum Gasteiger partial charge on any atom is -0.361 e. The van der Waals surface area contributed by atoms with Crippen LogP contribution in [0, 0.1) is 13.8 Å². The van der Waals surface area contributed by atoms with Gasteiger partial charge < -0.3 is 9.84 Å². The first-order valence-electron chi connectivity index (χ1n) is 8.69. The van der Waals surface area contributed by atoms with E-state index in [1.54, 1.807) is 18.2 Å². The van der Waals surface area contributed by atoms with Crippen LogP contribution in [0.25, 0.3) is 10.9 Å². The molecular weight excluding hydrogens is 332 g/mol. The van der Waals surface area contributed by atoms with Crippen LogP contribution in [0.2, 0.25) is 0 Å². The van der Waals surface area contributed by atoms with E-state index in [9.17, 15) is 9.59 Å². The van der Waals surface area contributed by atoms with Crippen LogP contribution in [-0.4, -0.2) is 27.2 Å². The van der Waals surface area contributed by atoms with Gasteiger partial charge in [-0.3, -0.25) is 14.2 Å². The van der Waals surface area contributed by atoms with E-state index >= 15 is 0 Å². The zero-order valence-corrected chi connectivity index (χ0v) is 15.0. The summed E-state index contributed by atoms with van der Waals surface area (Å²) in [7, 11) is 0. The second-order valence-corrected chi connectivity index (χ2v) is 6.27. The number of carbonyl (C=O) groups excluding carboxylic acids is 1. The number of nitrogens with one attached hydrogen (secondary N) is 1. The average molecular weight is 354 g/mol. The molecule has 2 aromatic heterocycles. The van der Waals surface area contributed by atoms with Gasteiger partial charge in [-0.1, -0.05) is 17.3 Å². The molecule has 0 spiro atoms. The van der Waals surface area contributed by atoms with E-state index in [-0.39, 0.29) is 17.9 Å². The molecule has 26 heavy (non-hydrogen) atoms. The van der Waals surface area contributed by atoms with E-state index < -0.39 is 0 Å². The molecule has 0 aliphatic carbocycles. The molecular formula is C19H22N4O3. The summed E-state index contributed by atoms with van der Waals surface area (Å²) in [4.78, 5) is 28.6. The molecule has 0 atom stereocenters. The third-order valence-electron chi connectivity index (χ3n) is 4.42.